The van der Waals surface area contributed by atoms with Crippen LogP contribution in [0.2, 0.25) is 5.02 Å². The molecule has 7 nitrogen and oxygen atoms in total. The van der Waals surface area contributed by atoms with E-state index in [4.69, 9.17) is 11.6 Å². The van der Waals surface area contributed by atoms with Crippen molar-refractivity contribution in [1.82, 2.24) is 25.3 Å². The van der Waals surface area contributed by atoms with Crippen LogP contribution in [-0.2, 0) is 11.3 Å². The first kappa shape index (κ1) is 21.5. The van der Waals surface area contributed by atoms with E-state index in [1.54, 1.807) is 16.8 Å². The highest BCUT2D eigenvalue weighted by molar-refractivity contribution is 6.33. The SMILES string of the molecule is O=C(Nc1cc(-c2ccc3nnn(Cc4cccc(F)c4)c3c2)c(Cl)cn1)C1CCCNC1. The lowest BCUT2D eigenvalue weighted by Crippen LogP contribution is -2.37. The van der Waals surface area contributed by atoms with Crippen LogP contribution in [0.3, 0.4) is 0 Å². The van der Waals surface area contributed by atoms with E-state index in [9.17, 15) is 9.18 Å². The van der Waals surface area contributed by atoms with Crippen LogP contribution >= 0.6 is 11.6 Å². The maximum absolute atomic E-state index is 13.6. The monoisotopic (exact) mass is 464 g/mol. The van der Waals surface area contributed by atoms with Gasteiger partial charge in [0.05, 0.1) is 23.0 Å². The molecule has 33 heavy (non-hydrogen) atoms. The van der Waals surface area contributed by atoms with Crippen LogP contribution in [0.1, 0.15) is 18.4 Å². The highest BCUT2D eigenvalue weighted by atomic mass is 35.5. The van der Waals surface area contributed by atoms with Crippen molar-refractivity contribution < 1.29 is 9.18 Å². The minimum Gasteiger partial charge on any atom is -0.316 e. The van der Waals surface area contributed by atoms with E-state index in [2.05, 4.69) is 25.9 Å². The number of carbonyl (C=O) groups excluding carboxylic acids is 1. The lowest BCUT2D eigenvalue weighted by atomic mass is 9.99. The van der Waals surface area contributed by atoms with Gasteiger partial charge in [-0.15, -0.1) is 5.10 Å². The molecule has 1 unspecified atom stereocenters. The van der Waals surface area contributed by atoms with Crippen molar-refractivity contribution >= 4 is 34.4 Å². The van der Waals surface area contributed by atoms with Gasteiger partial charge in [0.15, 0.2) is 0 Å². The second kappa shape index (κ2) is 9.25. The minimum atomic E-state index is -0.292. The molecule has 0 aliphatic carbocycles. The second-order valence-electron chi connectivity index (χ2n) is 8.16. The van der Waals surface area contributed by atoms with E-state index in [-0.39, 0.29) is 17.6 Å². The molecule has 1 aliphatic rings. The molecule has 9 heteroatoms. The van der Waals surface area contributed by atoms with Gasteiger partial charge in [0.2, 0.25) is 5.91 Å². The van der Waals surface area contributed by atoms with Crippen LogP contribution < -0.4 is 10.6 Å². The molecule has 1 atom stereocenters. The van der Waals surface area contributed by atoms with E-state index < -0.39 is 0 Å². The Morgan fingerprint density at radius 2 is 2.15 bits per heavy atom. The average Bonchev–Trinajstić information content (AvgIpc) is 3.23. The highest BCUT2D eigenvalue weighted by Gasteiger charge is 2.21. The number of hydrogen-bond acceptors (Lipinski definition) is 5. The Bertz CT molecular complexity index is 1320. The molecular formula is C24H22ClFN6O. The van der Waals surface area contributed by atoms with Gasteiger partial charge in [-0.25, -0.2) is 14.1 Å². The molecule has 2 N–H and O–H groups in total. The lowest BCUT2D eigenvalue weighted by molar-refractivity contribution is -0.120. The zero-order valence-corrected chi connectivity index (χ0v) is 18.5. The number of piperidine rings is 1. The first-order valence-corrected chi connectivity index (χ1v) is 11.2. The first-order chi connectivity index (χ1) is 16.1. The highest BCUT2D eigenvalue weighted by Crippen LogP contribution is 2.31. The van der Waals surface area contributed by atoms with E-state index >= 15 is 0 Å². The normalized spacial score (nSPS) is 16.1. The summed E-state index contributed by atoms with van der Waals surface area (Å²) < 4.78 is 15.3. The molecule has 0 bridgehead atoms. The van der Waals surface area contributed by atoms with Gasteiger partial charge >= 0.3 is 0 Å². The van der Waals surface area contributed by atoms with Crippen LogP contribution in [0, 0.1) is 11.7 Å². The molecule has 1 fully saturated rings. The predicted octanol–water partition coefficient (Wildman–Crippen LogP) is 4.27. The summed E-state index contributed by atoms with van der Waals surface area (Å²) in [4.78, 5) is 16.9. The summed E-state index contributed by atoms with van der Waals surface area (Å²) in [6, 6.07) is 13.9. The van der Waals surface area contributed by atoms with E-state index in [1.807, 2.05) is 24.3 Å². The Labute approximate surface area is 195 Å². The number of rotatable bonds is 5. The Morgan fingerprint density at radius 1 is 1.24 bits per heavy atom. The number of nitrogens with zero attached hydrogens (tertiary/aromatic N) is 4. The number of hydrogen-bond donors (Lipinski definition) is 2. The van der Waals surface area contributed by atoms with Crippen molar-refractivity contribution in [2.24, 2.45) is 5.92 Å². The standard InChI is InChI=1S/C24H22ClFN6O/c25-20-13-28-23(29-24(33)17-4-2-8-27-12-17)11-19(20)16-6-7-21-22(10-16)32(31-30-21)14-15-3-1-5-18(26)9-15/h1,3,5-7,9-11,13,17,27H,2,4,8,12,14H2,(H,28,29,33). The number of carbonyl (C=O) groups is 1. The van der Waals surface area contributed by atoms with Gasteiger partial charge in [-0.05, 0) is 60.8 Å². The Morgan fingerprint density at radius 3 is 2.97 bits per heavy atom. The zero-order chi connectivity index (χ0) is 22.8. The van der Waals surface area contributed by atoms with Crippen molar-refractivity contribution in [2.75, 3.05) is 18.4 Å². The van der Waals surface area contributed by atoms with Crippen LogP contribution in [-0.4, -0.2) is 39.0 Å². The van der Waals surface area contributed by atoms with Crippen molar-refractivity contribution in [2.45, 2.75) is 19.4 Å². The first-order valence-electron chi connectivity index (χ1n) is 10.8. The summed E-state index contributed by atoms with van der Waals surface area (Å²) in [5.74, 6) is 0.0475. The topological polar surface area (TPSA) is 84.7 Å². The quantitative estimate of drug-likeness (QED) is 0.460. The summed E-state index contributed by atoms with van der Waals surface area (Å²) in [5, 5.41) is 15.1. The van der Waals surface area contributed by atoms with Gasteiger partial charge in [0.1, 0.15) is 17.2 Å². The number of amides is 1. The third kappa shape index (κ3) is 4.72. The van der Waals surface area contributed by atoms with E-state index in [0.29, 0.717) is 23.9 Å². The van der Waals surface area contributed by atoms with Gasteiger partial charge in [-0.1, -0.05) is 35.0 Å². The number of anilines is 1. The van der Waals surface area contributed by atoms with Gasteiger partial charge in [-0.3, -0.25) is 4.79 Å². The van der Waals surface area contributed by atoms with Crippen LogP contribution in [0.25, 0.3) is 22.2 Å². The van der Waals surface area contributed by atoms with Crippen LogP contribution in [0.15, 0.2) is 54.7 Å². The molecule has 2 aromatic heterocycles. The molecule has 1 amide bonds. The fourth-order valence-electron chi connectivity index (χ4n) is 4.09. The minimum absolute atomic E-state index is 0.0456. The molecule has 2 aromatic carbocycles. The Hall–Kier alpha value is -3.36. The summed E-state index contributed by atoms with van der Waals surface area (Å²) in [5.41, 5.74) is 3.88. The molecule has 1 saturated heterocycles. The number of pyridine rings is 1. The van der Waals surface area contributed by atoms with E-state index in [0.717, 1.165) is 47.1 Å². The smallest absolute Gasteiger partial charge is 0.229 e. The van der Waals surface area contributed by atoms with Crippen molar-refractivity contribution in [3.63, 3.8) is 0 Å². The molecule has 0 radical (unpaired) electrons. The molecule has 0 spiro atoms. The maximum Gasteiger partial charge on any atom is 0.229 e. The van der Waals surface area contributed by atoms with Crippen molar-refractivity contribution in [1.29, 1.82) is 0 Å². The molecule has 168 valence electrons. The average molecular weight is 465 g/mol. The zero-order valence-electron chi connectivity index (χ0n) is 17.8. The Balaban J connectivity index is 1.43. The van der Waals surface area contributed by atoms with Crippen LogP contribution in [0.4, 0.5) is 10.2 Å². The number of fused-ring (bicyclic) bond motifs is 1. The summed E-state index contributed by atoms with van der Waals surface area (Å²) in [7, 11) is 0. The molecular weight excluding hydrogens is 443 g/mol. The lowest BCUT2D eigenvalue weighted by Gasteiger charge is -2.21. The fraction of sp³-hybridized carbons (Fsp3) is 0.250. The number of benzene rings is 2. The van der Waals surface area contributed by atoms with Gasteiger partial charge in [0, 0.05) is 18.3 Å². The molecule has 5 rings (SSSR count). The maximum atomic E-state index is 13.6. The van der Waals surface area contributed by atoms with Crippen molar-refractivity contribution in [3.05, 3.63) is 71.1 Å². The number of aromatic nitrogens is 4. The predicted molar refractivity (Wildman–Crippen MR) is 125 cm³/mol. The molecule has 3 heterocycles. The fourth-order valence-corrected chi connectivity index (χ4v) is 4.30. The summed E-state index contributed by atoms with van der Waals surface area (Å²) in [6.45, 7) is 2.00. The van der Waals surface area contributed by atoms with Crippen molar-refractivity contribution in [3.8, 4) is 11.1 Å². The van der Waals surface area contributed by atoms with Gasteiger partial charge in [0.25, 0.3) is 0 Å². The molecule has 1 aliphatic heterocycles. The Kier molecular flexibility index (Phi) is 6.02. The van der Waals surface area contributed by atoms with Crippen LogP contribution in [0.5, 0.6) is 0 Å². The largest absolute Gasteiger partial charge is 0.316 e. The second-order valence-corrected chi connectivity index (χ2v) is 8.57. The number of halogens is 2. The summed E-state index contributed by atoms with van der Waals surface area (Å²) >= 11 is 6.46. The molecule has 4 aromatic rings. The molecule has 0 saturated carbocycles. The van der Waals surface area contributed by atoms with Gasteiger partial charge in [-0.2, -0.15) is 0 Å². The third-order valence-corrected chi connectivity index (χ3v) is 6.12. The summed E-state index contributed by atoms with van der Waals surface area (Å²) in [6.07, 6.45) is 3.38. The van der Waals surface area contributed by atoms with Gasteiger partial charge < -0.3 is 10.6 Å². The van der Waals surface area contributed by atoms with E-state index in [1.165, 1.54) is 18.3 Å². The third-order valence-electron chi connectivity index (χ3n) is 5.82. The number of nitrogens with one attached hydrogen (secondary N) is 2.